The zero-order chi connectivity index (χ0) is 16.9. The number of carbonyl (C=O) groups is 1. The van der Waals surface area contributed by atoms with Crippen molar-refractivity contribution in [2.75, 3.05) is 26.2 Å². The van der Waals surface area contributed by atoms with E-state index < -0.39 is 12.7 Å². The molecule has 2 amide bonds. The molecule has 0 aromatic carbocycles. The van der Waals surface area contributed by atoms with Crippen molar-refractivity contribution < 1.29 is 18.0 Å². The van der Waals surface area contributed by atoms with Crippen LogP contribution in [-0.2, 0) is 6.54 Å². The second-order valence-electron chi connectivity index (χ2n) is 5.99. The minimum absolute atomic E-state index is 0.0597. The molecule has 0 spiro atoms. The Bertz CT molecular complexity index is 491. The first-order valence-corrected chi connectivity index (χ1v) is 7.63. The summed E-state index contributed by atoms with van der Waals surface area (Å²) in [5, 5.41) is 9.58. The number of rotatable bonds is 6. The largest absolute Gasteiger partial charge is 0.401 e. The number of amides is 2. The Morgan fingerprint density at radius 3 is 2.91 bits per heavy atom. The molecule has 130 valence electrons. The van der Waals surface area contributed by atoms with Gasteiger partial charge in [-0.3, -0.25) is 9.58 Å². The monoisotopic (exact) mass is 333 g/mol. The van der Waals surface area contributed by atoms with E-state index in [1.807, 2.05) is 13.1 Å². The molecule has 0 bridgehead atoms. The van der Waals surface area contributed by atoms with Gasteiger partial charge in [0.15, 0.2) is 0 Å². The summed E-state index contributed by atoms with van der Waals surface area (Å²) < 4.78 is 38.7. The summed E-state index contributed by atoms with van der Waals surface area (Å²) in [6, 6.07) is 1.40. The van der Waals surface area contributed by atoms with E-state index in [1.54, 1.807) is 16.9 Å². The fourth-order valence-electron chi connectivity index (χ4n) is 2.72. The van der Waals surface area contributed by atoms with Crippen molar-refractivity contribution >= 4 is 6.03 Å². The van der Waals surface area contributed by atoms with E-state index in [2.05, 4.69) is 15.7 Å². The summed E-state index contributed by atoms with van der Waals surface area (Å²) in [5.41, 5.74) is 0. The van der Waals surface area contributed by atoms with Crippen LogP contribution in [0.4, 0.5) is 18.0 Å². The molecule has 1 aliphatic rings. The van der Waals surface area contributed by atoms with Gasteiger partial charge < -0.3 is 10.6 Å². The Hall–Kier alpha value is -1.77. The maximum Gasteiger partial charge on any atom is 0.401 e. The predicted octanol–water partition coefficient (Wildman–Crippen LogP) is 1.45. The van der Waals surface area contributed by atoms with Gasteiger partial charge in [0, 0.05) is 31.5 Å². The Balaban J connectivity index is 1.63. The van der Waals surface area contributed by atoms with Gasteiger partial charge in [0.2, 0.25) is 0 Å². The topological polar surface area (TPSA) is 62.2 Å². The van der Waals surface area contributed by atoms with Gasteiger partial charge in [0.1, 0.15) is 0 Å². The normalized spacial score (nSPS) is 20.4. The van der Waals surface area contributed by atoms with Gasteiger partial charge in [-0.1, -0.05) is 0 Å². The second kappa shape index (κ2) is 7.67. The number of alkyl halides is 3. The van der Waals surface area contributed by atoms with Crippen LogP contribution < -0.4 is 10.6 Å². The number of nitrogens with zero attached hydrogens (tertiary/aromatic N) is 3. The summed E-state index contributed by atoms with van der Waals surface area (Å²) in [4.78, 5) is 13.2. The highest BCUT2D eigenvalue weighted by molar-refractivity contribution is 5.74. The first-order valence-electron chi connectivity index (χ1n) is 7.63. The van der Waals surface area contributed by atoms with Crippen LogP contribution in [0.15, 0.2) is 18.5 Å². The summed E-state index contributed by atoms with van der Waals surface area (Å²) >= 11 is 0. The van der Waals surface area contributed by atoms with Gasteiger partial charge in [-0.2, -0.15) is 18.3 Å². The van der Waals surface area contributed by atoms with Crippen LogP contribution in [0.1, 0.15) is 13.3 Å². The van der Waals surface area contributed by atoms with Gasteiger partial charge >= 0.3 is 12.2 Å². The van der Waals surface area contributed by atoms with E-state index in [9.17, 15) is 18.0 Å². The second-order valence-corrected chi connectivity index (χ2v) is 5.99. The molecule has 2 heterocycles. The lowest BCUT2D eigenvalue weighted by molar-refractivity contribution is -0.143. The highest BCUT2D eigenvalue weighted by Crippen LogP contribution is 2.22. The molecule has 1 aromatic rings. The van der Waals surface area contributed by atoms with E-state index in [0.29, 0.717) is 32.6 Å². The predicted molar refractivity (Wildman–Crippen MR) is 78.8 cm³/mol. The summed E-state index contributed by atoms with van der Waals surface area (Å²) in [6.45, 7) is 2.71. The lowest BCUT2D eigenvalue weighted by Gasteiger charge is -2.18. The number of nitrogens with one attached hydrogen (secondary N) is 2. The maximum absolute atomic E-state index is 12.3. The third-order valence-electron chi connectivity index (χ3n) is 3.72. The molecule has 9 heteroatoms. The van der Waals surface area contributed by atoms with E-state index in [4.69, 9.17) is 0 Å². The molecule has 1 aliphatic heterocycles. The molecule has 0 unspecified atom stereocenters. The Labute approximate surface area is 133 Å². The van der Waals surface area contributed by atoms with Crippen LogP contribution in [0.3, 0.4) is 0 Å². The van der Waals surface area contributed by atoms with Gasteiger partial charge in [-0.15, -0.1) is 0 Å². The zero-order valence-electron chi connectivity index (χ0n) is 13.0. The third kappa shape index (κ3) is 6.47. The Morgan fingerprint density at radius 1 is 1.48 bits per heavy atom. The first-order chi connectivity index (χ1) is 10.8. The molecule has 2 atom stereocenters. The van der Waals surface area contributed by atoms with Crippen molar-refractivity contribution in [3.8, 4) is 0 Å². The fourth-order valence-corrected chi connectivity index (χ4v) is 2.72. The molecule has 2 N–H and O–H groups in total. The highest BCUT2D eigenvalue weighted by Gasteiger charge is 2.34. The highest BCUT2D eigenvalue weighted by atomic mass is 19.4. The Morgan fingerprint density at radius 2 is 2.26 bits per heavy atom. The smallest absolute Gasteiger partial charge is 0.338 e. The molecular formula is C14H22F3N5O. The van der Waals surface area contributed by atoms with Crippen LogP contribution in [0.5, 0.6) is 0 Å². The number of carbonyl (C=O) groups excluding carboxylic acids is 1. The molecule has 0 aliphatic carbocycles. The van der Waals surface area contributed by atoms with Crippen LogP contribution in [0.25, 0.3) is 0 Å². The minimum atomic E-state index is -4.17. The van der Waals surface area contributed by atoms with Crippen molar-refractivity contribution in [2.24, 2.45) is 5.92 Å². The van der Waals surface area contributed by atoms with Crippen molar-refractivity contribution in [1.29, 1.82) is 0 Å². The average Bonchev–Trinajstić information content (AvgIpc) is 3.06. The van der Waals surface area contributed by atoms with Crippen molar-refractivity contribution in [2.45, 2.75) is 32.1 Å². The van der Waals surface area contributed by atoms with Crippen molar-refractivity contribution in [1.82, 2.24) is 25.3 Å². The fraction of sp³-hybridized carbons (Fsp3) is 0.714. The lowest BCUT2D eigenvalue weighted by atomic mass is 10.1. The van der Waals surface area contributed by atoms with Gasteiger partial charge in [0.25, 0.3) is 0 Å². The summed E-state index contributed by atoms with van der Waals surface area (Å²) in [5.74, 6) is 0.0597. The van der Waals surface area contributed by atoms with E-state index in [1.165, 1.54) is 4.90 Å². The van der Waals surface area contributed by atoms with E-state index in [0.717, 1.165) is 0 Å². The molecule has 23 heavy (non-hydrogen) atoms. The molecule has 1 saturated heterocycles. The average molecular weight is 333 g/mol. The summed E-state index contributed by atoms with van der Waals surface area (Å²) in [6.07, 6.45) is -0.0236. The van der Waals surface area contributed by atoms with Crippen molar-refractivity contribution in [3.63, 3.8) is 0 Å². The molecule has 2 rings (SSSR count). The summed E-state index contributed by atoms with van der Waals surface area (Å²) in [7, 11) is 0. The molecule has 1 aromatic heterocycles. The molecule has 0 radical (unpaired) electrons. The number of halogens is 3. The number of hydrogen-bond acceptors (Lipinski definition) is 3. The van der Waals surface area contributed by atoms with Crippen LogP contribution in [-0.4, -0.2) is 59.1 Å². The van der Waals surface area contributed by atoms with Gasteiger partial charge in [-0.05, 0) is 31.9 Å². The molecular weight excluding hydrogens is 311 g/mol. The van der Waals surface area contributed by atoms with Crippen LogP contribution >= 0.6 is 0 Å². The standard InChI is InChI=1S/C14H22F3N5O/c1-11(8-22-5-2-4-19-22)20-13(23)18-7-12-3-6-21(9-12)10-14(15,16)17/h2,4-5,11-12H,3,6-10H2,1H3,(H2,18,20,23)/t11-,12+/m1/s1. The molecule has 0 saturated carbocycles. The first kappa shape index (κ1) is 17.6. The molecule has 1 fully saturated rings. The molecule has 6 nitrogen and oxygen atoms in total. The van der Waals surface area contributed by atoms with Gasteiger partial charge in [0.05, 0.1) is 13.1 Å². The van der Waals surface area contributed by atoms with E-state index >= 15 is 0 Å². The maximum atomic E-state index is 12.3. The lowest BCUT2D eigenvalue weighted by Crippen LogP contribution is -2.44. The number of urea groups is 1. The van der Waals surface area contributed by atoms with E-state index in [-0.39, 0.29) is 18.0 Å². The number of likely N-dealkylation sites (tertiary alicyclic amines) is 1. The quantitative estimate of drug-likeness (QED) is 0.828. The SMILES string of the molecule is C[C@H](Cn1cccn1)NC(=O)NC[C@@H]1CCN(CC(F)(F)F)C1. The third-order valence-corrected chi connectivity index (χ3v) is 3.72. The van der Waals surface area contributed by atoms with Crippen LogP contribution in [0, 0.1) is 5.92 Å². The van der Waals surface area contributed by atoms with Crippen LogP contribution in [0.2, 0.25) is 0 Å². The zero-order valence-corrected chi connectivity index (χ0v) is 13.0. The minimum Gasteiger partial charge on any atom is -0.338 e. The number of hydrogen-bond donors (Lipinski definition) is 2. The van der Waals surface area contributed by atoms with Gasteiger partial charge in [-0.25, -0.2) is 4.79 Å². The Kier molecular flexibility index (Phi) is 5.86. The van der Waals surface area contributed by atoms with Crippen molar-refractivity contribution in [3.05, 3.63) is 18.5 Å². The number of aromatic nitrogens is 2.